The third kappa shape index (κ3) is 3.75. The highest BCUT2D eigenvalue weighted by molar-refractivity contribution is 6.24. The minimum atomic E-state index is -1.11. The number of para-hydroxylation sites is 1. The number of allylic oxidation sites excluding steroid dienone is 3. The Morgan fingerprint density at radius 2 is 1.68 bits per heavy atom. The number of hydrogen-bond donors (Lipinski definition) is 1. The molecule has 3 aliphatic heterocycles. The predicted octanol–water partition coefficient (Wildman–Crippen LogP) is 5.31. The van der Waals surface area contributed by atoms with Crippen LogP contribution in [0.2, 0.25) is 0 Å². The molecule has 4 fully saturated rings. The summed E-state index contributed by atoms with van der Waals surface area (Å²) < 4.78 is 6.07. The van der Waals surface area contributed by atoms with Crippen LogP contribution in [0, 0.1) is 35.0 Å². The van der Waals surface area contributed by atoms with Crippen molar-refractivity contribution in [1.29, 1.82) is 0 Å². The number of benzene rings is 2. The van der Waals surface area contributed by atoms with Crippen molar-refractivity contribution in [2.45, 2.75) is 64.3 Å². The van der Waals surface area contributed by atoms with Crippen LogP contribution in [0.3, 0.4) is 0 Å². The zero-order valence-corrected chi connectivity index (χ0v) is 24.8. The van der Waals surface area contributed by atoms with Crippen LogP contribution in [0.15, 0.2) is 72.0 Å². The van der Waals surface area contributed by atoms with Gasteiger partial charge in [0.25, 0.3) is 0 Å². The highest BCUT2D eigenvalue weighted by Gasteiger charge is 2.68. The zero-order chi connectivity index (χ0) is 30.3. The van der Waals surface area contributed by atoms with Crippen LogP contribution in [-0.4, -0.2) is 39.7 Å². The molecule has 6 atom stereocenters. The number of fused-ring (bicyclic) bond motifs is 5. The molecule has 0 radical (unpaired) electrons. The summed E-state index contributed by atoms with van der Waals surface area (Å²) in [5.74, 6) is -2.41. The van der Waals surface area contributed by atoms with Crippen LogP contribution in [-0.2, 0) is 25.6 Å². The zero-order valence-electron chi connectivity index (χ0n) is 24.8. The van der Waals surface area contributed by atoms with Gasteiger partial charge in [-0.3, -0.25) is 24.1 Å². The van der Waals surface area contributed by atoms with Crippen LogP contribution < -0.4 is 9.64 Å². The van der Waals surface area contributed by atoms with E-state index in [1.54, 1.807) is 41.5 Å². The molecule has 2 aromatic rings. The molecule has 1 N–H and O–H groups in total. The molecule has 6 aliphatic rings. The lowest BCUT2D eigenvalue weighted by Crippen LogP contribution is -2.51. The van der Waals surface area contributed by atoms with Crippen molar-refractivity contribution in [2.24, 2.45) is 35.0 Å². The van der Waals surface area contributed by atoms with Gasteiger partial charge in [-0.05, 0) is 74.4 Å². The Hall–Kier alpha value is -4.20. The van der Waals surface area contributed by atoms with Crippen molar-refractivity contribution < 1.29 is 29.0 Å². The molecular weight excluding hydrogens is 556 g/mol. The third-order valence-corrected chi connectivity index (χ3v) is 11.4. The van der Waals surface area contributed by atoms with Crippen molar-refractivity contribution in [3.05, 3.63) is 77.6 Å². The Balaban J connectivity index is 1.24. The molecule has 2 saturated heterocycles. The van der Waals surface area contributed by atoms with Gasteiger partial charge in [-0.25, -0.2) is 4.90 Å². The van der Waals surface area contributed by atoms with Gasteiger partial charge in [-0.2, -0.15) is 0 Å². The summed E-state index contributed by atoms with van der Waals surface area (Å²) in [5, 5.41) is 10.2. The number of rotatable bonds is 3. The van der Waals surface area contributed by atoms with Crippen LogP contribution in [0.5, 0.6) is 11.5 Å². The lowest BCUT2D eigenvalue weighted by atomic mass is 9.51. The summed E-state index contributed by atoms with van der Waals surface area (Å²) in [5.41, 5.74) is 2.02. The lowest BCUT2D eigenvalue weighted by Gasteiger charge is -2.50. The Morgan fingerprint density at radius 1 is 0.909 bits per heavy atom. The molecule has 226 valence electrons. The van der Waals surface area contributed by atoms with Crippen LogP contribution in [0.25, 0.3) is 0 Å². The summed E-state index contributed by atoms with van der Waals surface area (Å²) in [6.07, 6.45) is 9.86. The molecule has 3 heterocycles. The first-order valence-electron chi connectivity index (χ1n) is 16.0. The van der Waals surface area contributed by atoms with Gasteiger partial charge in [0.2, 0.25) is 23.6 Å². The van der Waals surface area contributed by atoms with Crippen molar-refractivity contribution in [1.82, 2.24) is 4.90 Å². The van der Waals surface area contributed by atoms with Crippen LogP contribution in [0.4, 0.5) is 5.69 Å². The molecule has 3 aliphatic carbocycles. The van der Waals surface area contributed by atoms with E-state index < -0.39 is 29.1 Å². The molecule has 8 heteroatoms. The number of likely N-dealkylation sites (tertiary alicyclic amines) is 1. The number of carbonyl (C=O) groups is 4. The number of imide groups is 2. The minimum Gasteiger partial charge on any atom is -0.508 e. The van der Waals surface area contributed by atoms with Gasteiger partial charge in [-0.1, -0.05) is 49.1 Å². The van der Waals surface area contributed by atoms with Gasteiger partial charge in [0.15, 0.2) is 0 Å². The van der Waals surface area contributed by atoms with Crippen molar-refractivity contribution in [2.75, 3.05) is 4.90 Å². The fourth-order valence-electron chi connectivity index (χ4n) is 9.39. The number of phenols is 1. The average molecular weight is 593 g/mol. The molecular formula is C36H36N2O6. The number of carbonyl (C=O) groups excluding carboxylic acids is 4. The van der Waals surface area contributed by atoms with E-state index in [2.05, 4.69) is 6.08 Å². The molecule has 4 amide bonds. The summed E-state index contributed by atoms with van der Waals surface area (Å²) >= 11 is 0. The average Bonchev–Trinajstić information content (AvgIpc) is 3.41. The molecule has 0 bridgehead atoms. The molecule has 2 aromatic carbocycles. The molecule has 0 spiro atoms. The van der Waals surface area contributed by atoms with Gasteiger partial charge in [0.1, 0.15) is 11.5 Å². The van der Waals surface area contributed by atoms with Crippen molar-refractivity contribution in [3.63, 3.8) is 0 Å². The first kappa shape index (κ1) is 27.4. The maximum absolute atomic E-state index is 14.5. The van der Waals surface area contributed by atoms with E-state index in [-0.39, 0.29) is 41.3 Å². The van der Waals surface area contributed by atoms with E-state index in [0.29, 0.717) is 30.7 Å². The second-order valence-corrected chi connectivity index (χ2v) is 13.6. The number of aromatic hydroxyl groups is 1. The monoisotopic (exact) mass is 592 g/mol. The largest absolute Gasteiger partial charge is 0.508 e. The van der Waals surface area contributed by atoms with Crippen LogP contribution in [0.1, 0.15) is 57.4 Å². The maximum Gasteiger partial charge on any atom is 0.241 e. The first-order chi connectivity index (χ1) is 21.3. The SMILES string of the molecule is C[C@@]12C(=O)N(c3ccccc3)C(=O)[C@@H]1C[C@@H]1C(=CC[C@@H]3C(=O)N(C4CCCCC4)C(=O)[C@@H]31)[C@@H]2C1=COc2ccc(O)cc2C1. The number of hydrogen-bond acceptors (Lipinski definition) is 6. The van der Waals surface area contributed by atoms with Gasteiger partial charge < -0.3 is 9.84 Å². The summed E-state index contributed by atoms with van der Waals surface area (Å²) in [6, 6.07) is 13.9. The van der Waals surface area contributed by atoms with Gasteiger partial charge in [-0.15, -0.1) is 0 Å². The second kappa shape index (κ2) is 9.91. The maximum atomic E-state index is 14.5. The van der Waals surface area contributed by atoms with Crippen LogP contribution >= 0.6 is 0 Å². The Morgan fingerprint density at radius 3 is 2.45 bits per heavy atom. The summed E-state index contributed by atoms with van der Waals surface area (Å²) in [6.45, 7) is 1.89. The number of phenolic OH excluding ortho intramolecular Hbond substituents is 1. The third-order valence-electron chi connectivity index (χ3n) is 11.4. The van der Waals surface area contributed by atoms with E-state index in [4.69, 9.17) is 4.74 Å². The standard InChI is InChI=1S/C36H36N2O6/c1-36-28(33(41)38(35(36)43)23-10-6-3-7-11-23)18-27-25(31(36)21-16-20-17-24(39)12-15-29(20)44-19-21)13-14-26-30(27)34(42)37(32(26)40)22-8-4-2-5-9-22/h3,6-7,10-13,15,17,19,22,26-28,30-31,39H,2,4-5,8-9,14,16,18H2,1H3/t26-,27+,28-,30-,31-,36+/m0/s1. The van der Waals surface area contributed by atoms with Crippen molar-refractivity contribution in [3.8, 4) is 11.5 Å². The van der Waals surface area contributed by atoms with Gasteiger partial charge in [0.05, 0.1) is 35.1 Å². The quantitative estimate of drug-likeness (QED) is 0.383. The van der Waals surface area contributed by atoms with E-state index in [0.717, 1.165) is 48.8 Å². The van der Waals surface area contributed by atoms with E-state index >= 15 is 0 Å². The Bertz CT molecular complexity index is 1660. The number of nitrogens with zero attached hydrogens (tertiary/aromatic N) is 2. The minimum absolute atomic E-state index is 0.0515. The fraction of sp³-hybridized carbons (Fsp3) is 0.444. The van der Waals surface area contributed by atoms with Gasteiger partial charge in [0, 0.05) is 23.9 Å². The lowest BCUT2D eigenvalue weighted by molar-refractivity contribution is -0.144. The topological polar surface area (TPSA) is 104 Å². The molecule has 0 unspecified atom stereocenters. The van der Waals surface area contributed by atoms with Crippen molar-refractivity contribution >= 4 is 29.3 Å². The molecule has 2 saturated carbocycles. The predicted molar refractivity (Wildman–Crippen MR) is 161 cm³/mol. The molecule has 44 heavy (non-hydrogen) atoms. The molecule has 0 aromatic heterocycles. The van der Waals surface area contributed by atoms with Gasteiger partial charge >= 0.3 is 0 Å². The smallest absolute Gasteiger partial charge is 0.241 e. The number of anilines is 1. The van der Waals surface area contributed by atoms with E-state index in [1.807, 2.05) is 25.1 Å². The number of amides is 4. The summed E-state index contributed by atoms with van der Waals surface area (Å²) in [7, 11) is 0. The second-order valence-electron chi connectivity index (χ2n) is 13.6. The Kier molecular flexibility index (Phi) is 6.16. The molecule has 8 nitrogen and oxygen atoms in total. The molecule has 8 rings (SSSR count). The summed E-state index contributed by atoms with van der Waals surface area (Å²) in [4.78, 5) is 59.8. The first-order valence-corrected chi connectivity index (χ1v) is 16.0. The number of ether oxygens (including phenoxy) is 1. The Labute approximate surface area is 256 Å². The fourth-order valence-corrected chi connectivity index (χ4v) is 9.39. The normalized spacial score (nSPS) is 33.2. The highest BCUT2D eigenvalue weighted by atomic mass is 16.5. The highest BCUT2D eigenvalue weighted by Crippen LogP contribution is 2.63. The van der Waals surface area contributed by atoms with E-state index in [9.17, 15) is 24.3 Å². The van der Waals surface area contributed by atoms with E-state index in [1.165, 1.54) is 4.90 Å².